The third kappa shape index (κ3) is 3.22. The SMILES string of the molecule is CC(N)c1ccc(-c2ccc(S(C)(=O)=O)cc2)cc1. The fourth-order valence-corrected chi connectivity index (χ4v) is 2.50. The van der Waals surface area contributed by atoms with Crippen molar-refractivity contribution < 1.29 is 8.42 Å². The van der Waals surface area contributed by atoms with Crippen LogP contribution in [0.3, 0.4) is 0 Å². The van der Waals surface area contributed by atoms with Crippen molar-refractivity contribution in [3.63, 3.8) is 0 Å². The van der Waals surface area contributed by atoms with Crippen molar-refractivity contribution in [2.45, 2.75) is 17.9 Å². The highest BCUT2D eigenvalue weighted by atomic mass is 32.2. The van der Waals surface area contributed by atoms with Crippen molar-refractivity contribution in [3.05, 3.63) is 54.1 Å². The summed E-state index contributed by atoms with van der Waals surface area (Å²) in [6, 6.07) is 14.9. The molecule has 0 aliphatic rings. The van der Waals surface area contributed by atoms with Crippen LogP contribution in [0, 0.1) is 0 Å². The average Bonchev–Trinajstić information content (AvgIpc) is 2.38. The number of benzene rings is 2. The van der Waals surface area contributed by atoms with E-state index in [1.165, 1.54) is 6.26 Å². The maximum absolute atomic E-state index is 11.4. The molecule has 0 radical (unpaired) electrons. The maximum atomic E-state index is 11.4. The molecule has 1 atom stereocenters. The van der Waals surface area contributed by atoms with Crippen LogP contribution in [0.1, 0.15) is 18.5 Å². The molecule has 0 saturated heterocycles. The molecule has 3 nitrogen and oxygen atoms in total. The molecule has 0 aromatic heterocycles. The Labute approximate surface area is 114 Å². The first-order chi connectivity index (χ1) is 8.88. The zero-order chi connectivity index (χ0) is 14.0. The fourth-order valence-electron chi connectivity index (χ4n) is 1.87. The van der Waals surface area contributed by atoms with Crippen LogP contribution in [0.25, 0.3) is 11.1 Å². The monoisotopic (exact) mass is 275 g/mol. The van der Waals surface area contributed by atoms with Gasteiger partial charge in [-0.15, -0.1) is 0 Å². The Bertz CT molecular complexity index is 656. The van der Waals surface area contributed by atoms with Crippen molar-refractivity contribution >= 4 is 9.84 Å². The highest BCUT2D eigenvalue weighted by molar-refractivity contribution is 7.90. The lowest BCUT2D eigenvalue weighted by Crippen LogP contribution is -2.04. The molecule has 1 unspecified atom stereocenters. The van der Waals surface area contributed by atoms with E-state index in [0.29, 0.717) is 4.90 Å². The van der Waals surface area contributed by atoms with Gasteiger partial charge in [-0.25, -0.2) is 8.42 Å². The summed E-state index contributed by atoms with van der Waals surface area (Å²) in [6.45, 7) is 1.94. The van der Waals surface area contributed by atoms with Gasteiger partial charge in [0.15, 0.2) is 9.84 Å². The summed E-state index contributed by atoms with van der Waals surface area (Å²) >= 11 is 0. The van der Waals surface area contributed by atoms with E-state index in [9.17, 15) is 8.42 Å². The van der Waals surface area contributed by atoms with Crippen molar-refractivity contribution in [1.82, 2.24) is 0 Å². The minimum absolute atomic E-state index is 0.0154. The molecule has 0 bridgehead atoms. The van der Waals surface area contributed by atoms with Gasteiger partial charge in [-0.2, -0.15) is 0 Å². The molecular formula is C15H17NO2S. The molecule has 4 heteroatoms. The molecule has 0 saturated carbocycles. The van der Waals surface area contributed by atoms with E-state index in [0.717, 1.165) is 16.7 Å². The molecule has 2 aromatic rings. The van der Waals surface area contributed by atoms with Gasteiger partial charge in [0.2, 0.25) is 0 Å². The van der Waals surface area contributed by atoms with Gasteiger partial charge in [-0.1, -0.05) is 36.4 Å². The molecule has 2 aromatic carbocycles. The second-order valence-electron chi connectivity index (χ2n) is 4.71. The summed E-state index contributed by atoms with van der Waals surface area (Å²) in [6.07, 6.45) is 1.21. The lowest BCUT2D eigenvalue weighted by atomic mass is 10.0. The molecule has 0 heterocycles. The van der Waals surface area contributed by atoms with Crippen LogP contribution in [-0.2, 0) is 9.84 Å². The first-order valence-corrected chi connectivity index (χ1v) is 7.93. The second-order valence-corrected chi connectivity index (χ2v) is 6.72. The molecule has 0 fully saturated rings. The van der Waals surface area contributed by atoms with Crippen LogP contribution >= 0.6 is 0 Å². The maximum Gasteiger partial charge on any atom is 0.175 e. The molecular weight excluding hydrogens is 258 g/mol. The van der Waals surface area contributed by atoms with E-state index < -0.39 is 9.84 Å². The van der Waals surface area contributed by atoms with Gasteiger partial charge in [0.25, 0.3) is 0 Å². The topological polar surface area (TPSA) is 60.2 Å². The largest absolute Gasteiger partial charge is 0.324 e. The highest BCUT2D eigenvalue weighted by Gasteiger charge is 2.07. The van der Waals surface area contributed by atoms with E-state index >= 15 is 0 Å². The van der Waals surface area contributed by atoms with Crippen molar-refractivity contribution in [1.29, 1.82) is 0 Å². The normalized spacial score (nSPS) is 13.2. The lowest BCUT2D eigenvalue weighted by molar-refractivity contribution is 0.602. The zero-order valence-electron chi connectivity index (χ0n) is 11.0. The third-order valence-electron chi connectivity index (χ3n) is 3.05. The number of nitrogens with two attached hydrogens (primary N) is 1. The first kappa shape index (κ1) is 13.8. The van der Waals surface area contributed by atoms with Crippen LogP contribution in [0.4, 0.5) is 0 Å². The standard InChI is InChI=1S/C15H17NO2S/c1-11(16)12-3-5-13(6-4-12)14-7-9-15(10-8-14)19(2,17)18/h3-11H,16H2,1-2H3. The second kappa shape index (κ2) is 5.15. The summed E-state index contributed by atoms with van der Waals surface area (Å²) < 4.78 is 22.8. The van der Waals surface area contributed by atoms with Gasteiger partial charge in [0.05, 0.1) is 4.90 Å². The Morgan fingerprint density at radius 3 is 1.68 bits per heavy atom. The minimum atomic E-state index is -3.14. The zero-order valence-corrected chi connectivity index (χ0v) is 11.8. The number of hydrogen-bond donors (Lipinski definition) is 1. The van der Waals surface area contributed by atoms with Crippen LogP contribution in [-0.4, -0.2) is 14.7 Å². The summed E-state index contributed by atoms with van der Waals surface area (Å²) in [4.78, 5) is 0.337. The summed E-state index contributed by atoms with van der Waals surface area (Å²) in [5.41, 5.74) is 8.92. The Balaban J connectivity index is 2.32. The summed E-state index contributed by atoms with van der Waals surface area (Å²) in [5.74, 6) is 0. The predicted octanol–water partition coefficient (Wildman–Crippen LogP) is 2.78. The van der Waals surface area contributed by atoms with E-state index in [1.807, 2.05) is 43.3 Å². The molecule has 2 N–H and O–H groups in total. The molecule has 100 valence electrons. The van der Waals surface area contributed by atoms with Gasteiger partial charge in [0, 0.05) is 12.3 Å². The Hall–Kier alpha value is -1.65. The van der Waals surface area contributed by atoms with Crippen LogP contribution < -0.4 is 5.73 Å². The average molecular weight is 275 g/mol. The van der Waals surface area contributed by atoms with E-state index in [1.54, 1.807) is 12.1 Å². The highest BCUT2D eigenvalue weighted by Crippen LogP contribution is 2.23. The van der Waals surface area contributed by atoms with Crippen LogP contribution in [0.15, 0.2) is 53.4 Å². The molecule has 0 aliphatic carbocycles. The number of hydrogen-bond acceptors (Lipinski definition) is 3. The third-order valence-corrected chi connectivity index (χ3v) is 4.18. The van der Waals surface area contributed by atoms with Crippen LogP contribution in [0.2, 0.25) is 0 Å². The van der Waals surface area contributed by atoms with Crippen molar-refractivity contribution in [2.75, 3.05) is 6.26 Å². The van der Waals surface area contributed by atoms with Gasteiger partial charge < -0.3 is 5.73 Å². The Morgan fingerprint density at radius 1 is 0.895 bits per heavy atom. The van der Waals surface area contributed by atoms with Gasteiger partial charge in [-0.3, -0.25) is 0 Å². The van der Waals surface area contributed by atoms with Crippen molar-refractivity contribution in [3.8, 4) is 11.1 Å². The number of sulfone groups is 1. The van der Waals surface area contributed by atoms with Gasteiger partial charge in [-0.05, 0) is 35.7 Å². The molecule has 2 rings (SSSR count). The van der Waals surface area contributed by atoms with E-state index in [2.05, 4.69) is 0 Å². The van der Waals surface area contributed by atoms with Crippen molar-refractivity contribution in [2.24, 2.45) is 5.73 Å². The smallest absolute Gasteiger partial charge is 0.175 e. The molecule has 0 aliphatic heterocycles. The minimum Gasteiger partial charge on any atom is -0.324 e. The quantitative estimate of drug-likeness (QED) is 0.937. The predicted molar refractivity (Wildman–Crippen MR) is 77.6 cm³/mol. The fraction of sp³-hybridized carbons (Fsp3) is 0.200. The van der Waals surface area contributed by atoms with Crippen LogP contribution in [0.5, 0.6) is 0 Å². The summed E-state index contributed by atoms with van der Waals surface area (Å²) in [5, 5.41) is 0. The van der Waals surface area contributed by atoms with Gasteiger partial charge in [0.1, 0.15) is 0 Å². The molecule has 0 spiro atoms. The molecule has 0 amide bonds. The lowest BCUT2D eigenvalue weighted by Gasteiger charge is -2.07. The first-order valence-electron chi connectivity index (χ1n) is 6.04. The Kier molecular flexibility index (Phi) is 3.73. The summed E-state index contributed by atoms with van der Waals surface area (Å²) in [7, 11) is -3.14. The molecule has 19 heavy (non-hydrogen) atoms. The van der Waals surface area contributed by atoms with Gasteiger partial charge >= 0.3 is 0 Å². The number of rotatable bonds is 3. The van der Waals surface area contributed by atoms with E-state index in [4.69, 9.17) is 5.73 Å². The van der Waals surface area contributed by atoms with E-state index in [-0.39, 0.29) is 6.04 Å². The Morgan fingerprint density at radius 2 is 1.32 bits per heavy atom.